The highest BCUT2D eigenvalue weighted by atomic mass is 16.5. The lowest BCUT2D eigenvalue weighted by Crippen LogP contribution is -2.06. The smallest absolute Gasteiger partial charge is 0.338 e. The molecule has 0 bridgehead atoms. The number of carbonyl (C=O) groups is 2. The summed E-state index contributed by atoms with van der Waals surface area (Å²) in [5, 5.41) is 8.87. The van der Waals surface area contributed by atoms with Crippen LogP contribution in [-0.2, 0) is 17.6 Å². The molecule has 2 heterocycles. The maximum atomic E-state index is 11.6. The molecule has 2 unspecified atom stereocenters. The van der Waals surface area contributed by atoms with Gasteiger partial charge in [-0.2, -0.15) is 0 Å². The predicted octanol–water partition coefficient (Wildman–Crippen LogP) is 5.17. The van der Waals surface area contributed by atoms with Gasteiger partial charge in [-0.1, -0.05) is 13.8 Å². The van der Waals surface area contributed by atoms with Gasteiger partial charge in [0.15, 0.2) is 0 Å². The van der Waals surface area contributed by atoms with Gasteiger partial charge < -0.3 is 19.3 Å². The SMILES string of the molecule is CC1CCc2cc(C(=O)O)ccc2OC1.CCOC(=O)c1ccc2c(c1)CCC(C)CO2. The number of esters is 1. The molecule has 1 N–H and O–H groups in total. The lowest BCUT2D eigenvalue weighted by atomic mass is 10.0. The van der Waals surface area contributed by atoms with E-state index in [2.05, 4.69) is 13.8 Å². The van der Waals surface area contributed by atoms with Crippen molar-refractivity contribution in [3.63, 3.8) is 0 Å². The molecule has 4 rings (SSSR count). The van der Waals surface area contributed by atoms with Crippen LogP contribution < -0.4 is 9.47 Å². The van der Waals surface area contributed by atoms with E-state index in [4.69, 9.17) is 19.3 Å². The minimum Gasteiger partial charge on any atom is -0.493 e. The van der Waals surface area contributed by atoms with Crippen LogP contribution in [0.4, 0.5) is 0 Å². The first-order valence-electron chi connectivity index (χ1n) is 11.3. The van der Waals surface area contributed by atoms with E-state index in [9.17, 15) is 9.59 Å². The first kappa shape index (κ1) is 23.6. The van der Waals surface area contributed by atoms with Crippen LogP contribution in [-0.4, -0.2) is 36.9 Å². The van der Waals surface area contributed by atoms with Gasteiger partial charge in [0.1, 0.15) is 11.5 Å². The summed E-state index contributed by atoms with van der Waals surface area (Å²) in [7, 11) is 0. The Bertz CT molecular complexity index is 951. The number of hydrogen-bond acceptors (Lipinski definition) is 5. The molecule has 32 heavy (non-hydrogen) atoms. The molecule has 0 radical (unpaired) electrons. The van der Waals surface area contributed by atoms with Crippen LogP contribution >= 0.6 is 0 Å². The second kappa shape index (κ2) is 11.0. The molecule has 0 fully saturated rings. The first-order chi connectivity index (χ1) is 15.4. The molecule has 0 amide bonds. The summed E-state index contributed by atoms with van der Waals surface area (Å²) in [6, 6.07) is 10.6. The van der Waals surface area contributed by atoms with E-state index < -0.39 is 5.97 Å². The Balaban J connectivity index is 0.000000182. The summed E-state index contributed by atoms with van der Waals surface area (Å²) < 4.78 is 16.3. The van der Waals surface area contributed by atoms with Gasteiger partial charge in [-0.05, 0) is 92.0 Å². The van der Waals surface area contributed by atoms with Gasteiger partial charge in [0.2, 0.25) is 0 Å². The fourth-order valence-electron chi connectivity index (χ4n) is 3.74. The molecular formula is C26H32O6. The fraction of sp³-hybridized carbons (Fsp3) is 0.462. The molecule has 172 valence electrons. The molecule has 0 spiro atoms. The topological polar surface area (TPSA) is 82.1 Å². The van der Waals surface area contributed by atoms with E-state index in [0.29, 0.717) is 29.6 Å². The standard InChI is InChI=1S/C14H18O3.C12H14O3/c1-3-16-14(15)12-6-7-13-11(8-12)5-4-10(2)9-17-13;1-8-2-3-9-6-10(12(13)14)4-5-11(9)15-7-8/h6-8,10H,3-5,9H2,1-2H3;4-6,8H,2-3,7H2,1H3,(H,13,14). The summed E-state index contributed by atoms with van der Waals surface area (Å²) in [6.07, 6.45) is 4.01. The molecule has 2 aromatic rings. The Morgan fingerprint density at radius 2 is 1.41 bits per heavy atom. The first-order valence-corrected chi connectivity index (χ1v) is 11.3. The van der Waals surface area contributed by atoms with Crippen molar-refractivity contribution in [1.82, 2.24) is 0 Å². The van der Waals surface area contributed by atoms with Crippen molar-refractivity contribution >= 4 is 11.9 Å². The van der Waals surface area contributed by atoms with Crippen molar-refractivity contribution in [1.29, 1.82) is 0 Å². The van der Waals surface area contributed by atoms with Crippen LogP contribution in [0.15, 0.2) is 36.4 Å². The number of carbonyl (C=O) groups excluding carboxylic acids is 1. The Morgan fingerprint density at radius 3 is 1.91 bits per heavy atom. The number of benzene rings is 2. The van der Waals surface area contributed by atoms with Gasteiger partial charge in [0.05, 0.1) is 30.9 Å². The summed E-state index contributed by atoms with van der Waals surface area (Å²) in [5.74, 6) is 1.70. The van der Waals surface area contributed by atoms with Gasteiger partial charge in [-0.15, -0.1) is 0 Å². The lowest BCUT2D eigenvalue weighted by molar-refractivity contribution is 0.0525. The molecule has 0 saturated heterocycles. The average Bonchev–Trinajstić information content (AvgIpc) is 3.09. The second-order valence-electron chi connectivity index (χ2n) is 8.58. The highest BCUT2D eigenvalue weighted by Gasteiger charge is 2.17. The van der Waals surface area contributed by atoms with E-state index in [1.54, 1.807) is 24.3 Å². The Kier molecular flexibility index (Phi) is 8.14. The highest BCUT2D eigenvalue weighted by Crippen LogP contribution is 2.28. The predicted molar refractivity (Wildman–Crippen MR) is 122 cm³/mol. The van der Waals surface area contributed by atoms with Crippen LogP contribution in [0.1, 0.15) is 65.5 Å². The number of fused-ring (bicyclic) bond motifs is 2. The summed E-state index contributed by atoms with van der Waals surface area (Å²) in [6.45, 7) is 8.02. The van der Waals surface area contributed by atoms with Crippen molar-refractivity contribution in [3.8, 4) is 11.5 Å². The number of rotatable bonds is 3. The molecule has 0 aliphatic carbocycles. The van der Waals surface area contributed by atoms with Crippen molar-refractivity contribution in [2.45, 2.75) is 46.5 Å². The van der Waals surface area contributed by atoms with Crippen molar-refractivity contribution in [2.24, 2.45) is 11.8 Å². The maximum Gasteiger partial charge on any atom is 0.338 e. The van der Waals surface area contributed by atoms with E-state index in [1.807, 2.05) is 19.1 Å². The Labute approximate surface area is 189 Å². The Morgan fingerprint density at radius 1 is 0.906 bits per heavy atom. The number of aryl methyl sites for hydroxylation is 2. The van der Waals surface area contributed by atoms with Crippen molar-refractivity contribution < 1.29 is 28.9 Å². The molecule has 2 aliphatic heterocycles. The third-order valence-electron chi connectivity index (χ3n) is 5.74. The molecule has 0 saturated carbocycles. The van der Waals surface area contributed by atoms with Crippen LogP contribution in [0.3, 0.4) is 0 Å². The minimum absolute atomic E-state index is 0.257. The molecule has 2 aromatic carbocycles. The minimum atomic E-state index is -0.880. The number of aromatic carboxylic acids is 1. The summed E-state index contributed by atoms with van der Waals surface area (Å²) >= 11 is 0. The van der Waals surface area contributed by atoms with Crippen LogP contribution in [0.2, 0.25) is 0 Å². The average molecular weight is 441 g/mol. The van der Waals surface area contributed by atoms with Gasteiger partial charge >= 0.3 is 11.9 Å². The van der Waals surface area contributed by atoms with Gasteiger partial charge in [0, 0.05) is 0 Å². The maximum absolute atomic E-state index is 11.6. The zero-order chi connectivity index (χ0) is 23.1. The molecule has 6 heteroatoms. The second-order valence-corrected chi connectivity index (χ2v) is 8.58. The number of hydrogen-bond donors (Lipinski definition) is 1. The van der Waals surface area contributed by atoms with E-state index >= 15 is 0 Å². The summed E-state index contributed by atoms with van der Waals surface area (Å²) in [4.78, 5) is 22.4. The quantitative estimate of drug-likeness (QED) is 0.663. The van der Waals surface area contributed by atoms with Crippen LogP contribution in [0.5, 0.6) is 11.5 Å². The largest absolute Gasteiger partial charge is 0.493 e. The van der Waals surface area contributed by atoms with Crippen LogP contribution in [0, 0.1) is 11.8 Å². The van der Waals surface area contributed by atoms with Crippen molar-refractivity contribution in [3.05, 3.63) is 58.7 Å². The third kappa shape index (κ3) is 6.25. The van der Waals surface area contributed by atoms with Crippen molar-refractivity contribution in [2.75, 3.05) is 19.8 Å². The van der Waals surface area contributed by atoms with E-state index in [0.717, 1.165) is 61.5 Å². The molecule has 0 aromatic heterocycles. The van der Waals surface area contributed by atoms with Gasteiger partial charge in [0.25, 0.3) is 0 Å². The van der Waals surface area contributed by atoms with Crippen LogP contribution in [0.25, 0.3) is 0 Å². The van der Waals surface area contributed by atoms with Gasteiger partial charge in [-0.25, -0.2) is 9.59 Å². The number of carboxylic acid groups (broad SMARTS) is 1. The molecule has 2 aliphatic rings. The van der Waals surface area contributed by atoms with Gasteiger partial charge in [-0.3, -0.25) is 0 Å². The normalized spacial score (nSPS) is 19.3. The highest BCUT2D eigenvalue weighted by molar-refractivity contribution is 5.90. The number of carboxylic acids is 1. The van der Waals surface area contributed by atoms with E-state index in [1.165, 1.54) is 0 Å². The number of ether oxygens (including phenoxy) is 3. The lowest BCUT2D eigenvalue weighted by Gasteiger charge is -2.09. The third-order valence-corrected chi connectivity index (χ3v) is 5.74. The fourth-order valence-corrected chi connectivity index (χ4v) is 3.74. The monoisotopic (exact) mass is 440 g/mol. The zero-order valence-electron chi connectivity index (χ0n) is 19.1. The molecule has 2 atom stereocenters. The summed E-state index contributed by atoms with van der Waals surface area (Å²) in [5.41, 5.74) is 3.08. The molecule has 6 nitrogen and oxygen atoms in total. The molecular weight excluding hydrogens is 408 g/mol. The van der Waals surface area contributed by atoms with E-state index in [-0.39, 0.29) is 5.97 Å². The zero-order valence-corrected chi connectivity index (χ0v) is 19.1. The Hall–Kier alpha value is -3.02.